The first-order chi connectivity index (χ1) is 10.6. The Kier molecular flexibility index (Phi) is 3.74. The Balaban J connectivity index is 1.95. The normalized spacial score (nSPS) is 10.9. The molecule has 0 fully saturated rings. The number of hydrogen-bond donors (Lipinski definition) is 2. The minimum Gasteiger partial charge on any atom is -0.489 e. The number of benzene rings is 1. The second kappa shape index (κ2) is 5.85. The van der Waals surface area contributed by atoms with Crippen LogP contribution >= 0.6 is 0 Å². The maximum atomic E-state index is 12.3. The summed E-state index contributed by atoms with van der Waals surface area (Å²) in [6, 6.07) is 8.86. The number of pyridine rings is 1. The summed E-state index contributed by atoms with van der Waals surface area (Å²) in [5, 5.41) is 10.6. The number of H-pyrrole nitrogens is 1. The molecular formula is C16H16N4O2. The van der Waals surface area contributed by atoms with Gasteiger partial charge >= 0.3 is 0 Å². The molecule has 1 amide bonds. The Hall–Kier alpha value is -2.89. The Morgan fingerprint density at radius 1 is 1.32 bits per heavy atom. The summed E-state index contributed by atoms with van der Waals surface area (Å²) in [4.78, 5) is 16.3. The van der Waals surface area contributed by atoms with Crippen molar-refractivity contribution in [3.05, 3.63) is 48.4 Å². The highest BCUT2D eigenvalue weighted by Crippen LogP contribution is 2.30. The molecule has 0 saturated heterocycles. The zero-order valence-corrected chi connectivity index (χ0v) is 12.3. The van der Waals surface area contributed by atoms with Gasteiger partial charge in [0.2, 0.25) is 0 Å². The van der Waals surface area contributed by atoms with Gasteiger partial charge in [0.15, 0.2) is 0 Å². The number of carbonyl (C=O) groups is 1. The molecular weight excluding hydrogens is 280 g/mol. The molecule has 1 aromatic carbocycles. The molecule has 0 aliphatic heterocycles. The number of hydrogen-bond acceptors (Lipinski definition) is 4. The standard InChI is InChI=1S/C16H16N4O2/c1-10(2)22-15-8-13-11(9-18-20-13)7-14(15)19-16(21)12-5-3-4-6-17-12/h3-10H,1-2H3,(H,18,20)(H,19,21). The van der Waals surface area contributed by atoms with Crippen LogP contribution < -0.4 is 10.1 Å². The Labute approximate surface area is 127 Å². The van der Waals surface area contributed by atoms with Gasteiger partial charge in [0.25, 0.3) is 5.91 Å². The number of anilines is 1. The maximum Gasteiger partial charge on any atom is 0.274 e. The summed E-state index contributed by atoms with van der Waals surface area (Å²) in [6.45, 7) is 3.86. The predicted molar refractivity (Wildman–Crippen MR) is 84.0 cm³/mol. The van der Waals surface area contributed by atoms with Crippen molar-refractivity contribution in [2.45, 2.75) is 20.0 Å². The SMILES string of the molecule is CC(C)Oc1cc2[nH]ncc2cc1NC(=O)c1ccccn1. The highest BCUT2D eigenvalue weighted by atomic mass is 16.5. The molecule has 6 nitrogen and oxygen atoms in total. The van der Waals surface area contributed by atoms with Gasteiger partial charge < -0.3 is 10.1 Å². The number of rotatable bonds is 4. The summed E-state index contributed by atoms with van der Waals surface area (Å²) in [7, 11) is 0. The fourth-order valence-corrected chi connectivity index (χ4v) is 2.10. The van der Waals surface area contributed by atoms with Crippen LogP contribution in [0, 0.1) is 0 Å². The van der Waals surface area contributed by atoms with E-state index in [0.717, 1.165) is 10.9 Å². The van der Waals surface area contributed by atoms with Crippen LogP contribution in [0.15, 0.2) is 42.7 Å². The molecule has 2 N–H and O–H groups in total. The number of amides is 1. The molecule has 2 heterocycles. The van der Waals surface area contributed by atoms with Crippen LogP contribution in [0.3, 0.4) is 0 Å². The highest BCUT2D eigenvalue weighted by molar-refractivity contribution is 6.04. The van der Waals surface area contributed by atoms with Crippen LogP contribution in [0.2, 0.25) is 0 Å². The topological polar surface area (TPSA) is 79.9 Å². The zero-order valence-electron chi connectivity index (χ0n) is 12.3. The van der Waals surface area contributed by atoms with Crippen molar-refractivity contribution >= 4 is 22.5 Å². The van der Waals surface area contributed by atoms with Crippen molar-refractivity contribution < 1.29 is 9.53 Å². The second-order valence-corrected chi connectivity index (χ2v) is 5.14. The third kappa shape index (κ3) is 2.90. The van der Waals surface area contributed by atoms with E-state index in [1.807, 2.05) is 26.0 Å². The highest BCUT2D eigenvalue weighted by Gasteiger charge is 2.13. The summed E-state index contributed by atoms with van der Waals surface area (Å²) < 4.78 is 5.78. The molecule has 2 aromatic heterocycles. The van der Waals surface area contributed by atoms with Crippen molar-refractivity contribution in [2.75, 3.05) is 5.32 Å². The van der Waals surface area contributed by atoms with E-state index in [0.29, 0.717) is 17.1 Å². The van der Waals surface area contributed by atoms with Crippen molar-refractivity contribution in [1.82, 2.24) is 15.2 Å². The molecule has 0 saturated carbocycles. The minimum absolute atomic E-state index is 0.00845. The van der Waals surface area contributed by atoms with E-state index in [9.17, 15) is 4.79 Å². The molecule has 0 bridgehead atoms. The van der Waals surface area contributed by atoms with Crippen LogP contribution in [-0.4, -0.2) is 27.2 Å². The number of nitrogens with one attached hydrogen (secondary N) is 2. The number of ether oxygens (including phenoxy) is 1. The number of nitrogens with zero attached hydrogens (tertiary/aromatic N) is 2. The molecule has 22 heavy (non-hydrogen) atoms. The molecule has 3 aromatic rings. The van der Waals surface area contributed by atoms with E-state index in [-0.39, 0.29) is 12.0 Å². The van der Waals surface area contributed by atoms with Gasteiger partial charge in [-0.2, -0.15) is 5.10 Å². The number of aromatic amines is 1. The predicted octanol–water partition coefficient (Wildman–Crippen LogP) is 3.00. The molecule has 0 aliphatic carbocycles. The van der Waals surface area contributed by atoms with E-state index in [1.165, 1.54) is 0 Å². The molecule has 0 radical (unpaired) electrons. The van der Waals surface area contributed by atoms with Crippen LogP contribution in [0.4, 0.5) is 5.69 Å². The van der Waals surface area contributed by atoms with Crippen LogP contribution in [0.25, 0.3) is 10.9 Å². The first-order valence-electron chi connectivity index (χ1n) is 6.99. The second-order valence-electron chi connectivity index (χ2n) is 5.14. The average Bonchev–Trinajstić information content (AvgIpc) is 2.95. The monoisotopic (exact) mass is 296 g/mol. The van der Waals surface area contributed by atoms with Gasteiger partial charge in [-0.15, -0.1) is 0 Å². The summed E-state index contributed by atoms with van der Waals surface area (Å²) in [5.41, 5.74) is 1.80. The molecule has 112 valence electrons. The molecule has 0 spiro atoms. The van der Waals surface area contributed by atoms with Gasteiger partial charge in [0, 0.05) is 17.6 Å². The fourth-order valence-electron chi connectivity index (χ4n) is 2.10. The van der Waals surface area contributed by atoms with E-state index in [2.05, 4.69) is 20.5 Å². The number of fused-ring (bicyclic) bond motifs is 1. The first-order valence-corrected chi connectivity index (χ1v) is 6.99. The van der Waals surface area contributed by atoms with Crippen molar-refractivity contribution in [2.24, 2.45) is 0 Å². The smallest absolute Gasteiger partial charge is 0.274 e. The molecule has 6 heteroatoms. The minimum atomic E-state index is -0.281. The van der Waals surface area contributed by atoms with Crippen molar-refractivity contribution in [3.63, 3.8) is 0 Å². The van der Waals surface area contributed by atoms with Crippen molar-refractivity contribution in [3.8, 4) is 5.75 Å². The molecule has 0 atom stereocenters. The van der Waals surface area contributed by atoms with E-state index >= 15 is 0 Å². The van der Waals surface area contributed by atoms with Crippen LogP contribution in [0.1, 0.15) is 24.3 Å². The molecule has 0 aliphatic rings. The van der Waals surface area contributed by atoms with Gasteiger partial charge in [-0.25, -0.2) is 0 Å². The first kappa shape index (κ1) is 14.1. The van der Waals surface area contributed by atoms with Crippen LogP contribution in [-0.2, 0) is 0 Å². The number of carbonyl (C=O) groups excluding carboxylic acids is 1. The van der Waals surface area contributed by atoms with E-state index in [1.54, 1.807) is 30.6 Å². The van der Waals surface area contributed by atoms with Gasteiger partial charge in [-0.1, -0.05) is 6.07 Å². The maximum absolute atomic E-state index is 12.3. The summed E-state index contributed by atoms with van der Waals surface area (Å²) in [6.07, 6.45) is 3.27. The lowest BCUT2D eigenvalue weighted by Crippen LogP contribution is -2.15. The number of aromatic nitrogens is 3. The Morgan fingerprint density at radius 2 is 2.18 bits per heavy atom. The third-order valence-electron chi connectivity index (χ3n) is 3.05. The lowest BCUT2D eigenvalue weighted by molar-refractivity contribution is 0.102. The average molecular weight is 296 g/mol. The summed E-state index contributed by atoms with van der Waals surface area (Å²) in [5.74, 6) is 0.313. The van der Waals surface area contributed by atoms with Gasteiger partial charge in [-0.3, -0.25) is 14.9 Å². The lowest BCUT2D eigenvalue weighted by Gasteiger charge is -2.15. The fraction of sp³-hybridized carbons (Fsp3) is 0.188. The molecule has 0 unspecified atom stereocenters. The Morgan fingerprint density at radius 3 is 2.91 bits per heavy atom. The summed E-state index contributed by atoms with van der Waals surface area (Å²) >= 11 is 0. The van der Waals surface area contributed by atoms with Gasteiger partial charge in [-0.05, 0) is 32.0 Å². The van der Waals surface area contributed by atoms with Gasteiger partial charge in [0.1, 0.15) is 11.4 Å². The zero-order chi connectivity index (χ0) is 15.5. The lowest BCUT2D eigenvalue weighted by atomic mass is 10.2. The van der Waals surface area contributed by atoms with Crippen LogP contribution in [0.5, 0.6) is 5.75 Å². The van der Waals surface area contributed by atoms with Crippen molar-refractivity contribution in [1.29, 1.82) is 0 Å². The quantitative estimate of drug-likeness (QED) is 0.775. The largest absolute Gasteiger partial charge is 0.489 e. The van der Waals surface area contributed by atoms with E-state index in [4.69, 9.17) is 4.74 Å². The Bertz CT molecular complexity index is 796. The molecule has 3 rings (SSSR count). The third-order valence-corrected chi connectivity index (χ3v) is 3.05. The van der Waals surface area contributed by atoms with E-state index < -0.39 is 0 Å². The van der Waals surface area contributed by atoms with Gasteiger partial charge in [0.05, 0.1) is 23.5 Å².